The van der Waals surface area contributed by atoms with E-state index in [9.17, 15) is 18.0 Å². The van der Waals surface area contributed by atoms with Crippen LogP contribution in [-0.4, -0.2) is 17.7 Å². The first-order valence-corrected chi connectivity index (χ1v) is 7.67. The summed E-state index contributed by atoms with van der Waals surface area (Å²) in [6, 6.07) is 0. The first-order valence-electron chi connectivity index (χ1n) is 7.29. The molecule has 0 aromatic heterocycles. The Morgan fingerprint density at radius 2 is 1.35 bits per heavy atom. The van der Waals surface area contributed by atoms with Gasteiger partial charge in [-0.15, -0.1) is 13.2 Å². The summed E-state index contributed by atoms with van der Waals surface area (Å²) in [6.45, 7) is 0. The van der Waals surface area contributed by atoms with E-state index in [1.165, 1.54) is 0 Å². The van der Waals surface area contributed by atoms with Gasteiger partial charge in [0.25, 0.3) is 0 Å². The van der Waals surface area contributed by atoms with Gasteiger partial charge in [-0.2, -0.15) is 0 Å². The lowest BCUT2D eigenvalue weighted by molar-refractivity contribution is -0.346. The molecule has 116 valence electrons. The highest BCUT2D eigenvalue weighted by Gasteiger charge is 2.37. The van der Waals surface area contributed by atoms with E-state index in [2.05, 4.69) is 4.74 Å². The molecule has 0 saturated heterocycles. The molecule has 0 radical (unpaired) electrons. The van der Waals surface area contributed by atoms with Gasteiger partial charge in [0.05, 0.1) is 6.10 Å². The van der Waals surface area contributed by atoms with Crippen LogP contribution in [0, 0.1) is 17.8 Å². The molecular weight excluding hydrogens is 293 g/mol. The minimum absolute atomic E-state index is 0.0159. The van der Waals surface area contributed by atoms with Crippen molar-refractivity contribution >= 4 is 16.8 Å². The smallest absolute Gasteiger partial charge is 0.289 e. The molecule has 2 aliphatic rings. The third kappa shape index (κ3) is 4.62. The summed E-state index contributed by atoms with van der Waals surface area (Å²) in [6.07, 6.45) is 0.963. The highest BCUT2D eigenvalue weighted by Crippen LogP contribution is 2.41. The second-order valence-corrected chi connectivity index (χ2v) is 6.39. The summed E-state index contributed by atoms with van der Waals surface area (Å²) >= 11 is 5.51. The van der Waals surface area contributed by atoms with Crippen molar-refractivity contribution in [3.63, 3.8) is 0 Å². The molecule has 6 heteroatoms. The monoisotopic (exact) mass is 312 g/mol. The Hall–Kier alpha value is -0.290. The molecular formula is C14H20ClF3O2. The molecule has 0 amide bonds. The van der Waals surface area contributed by atoms with Gasteiger partial charge in [0.15, 0.2) is 0 Å². The van der Waals surface area contributed by atoms with Crippen LogP contribution in [0.15, 0.2) is 0 Å². The van der Waals surface area contributed by atoms with Crippen LogP contribution in [0.4, 0.5) is 13.2 Å². The van der Waals surface area contributed by atoms with Crippen molar-refractivity contribution in [3.05, 3.63) is 0 Å². The van der Waals surface area contributed by atoms with E-state index >= 15 is 0 Å². The Labute approximate surface area is 122 Å². The van der Waals surface area contributed by atoms with Crippen molar-refractivity contribution in [2.45, 2.75) is 63.8 Å². The zero-order valence-electron chi connectivity index (χ0n) is 11.3. The minimum atomic E-state index is -4.52. The lowest BCUT2D eigenvalue weighted by atomic mass is 9.71. The van der Waals surface area contributed by atoms with Crippen molar-refractivity contribution in [3.8, 4) is 0 Å². The van der Waals surface area contributed by atoms with Gasteiger partial charge >= 0.3 is 6.36 Å². The quantitative estimate of drug-likeness (QED) is 0.709. The van der Waals surface area contributed by atoms with Gasteiger partial charge in [-0.3, -0.25) is 9.53 Å². The third-order valence-electron chi connectivity index (χ3n) is 4.78. The number of carbonyl (C=O) groups is 1. The fraction of sp³-hybridized carbons (Fsp3) is 0.929. The Morgan fingerprint density at radius 3 is 1.75 bits per heavy atom. The zero-order valence-corrected chi connectivity index (χ0v) is 12.1. The average Bonchev–Trinajstić information content (AvgIpc) is 2.38. The molecule has 20 heavy (non-hydrogen) atoms. The highest BCUT2D eigenvalue weighted by molar-refractivity contribution is 6.63. The van der Waals surface area contributed by atoms with Gasteiger partial charge in [0.2, 0.25) is 5.24 Å². The van der Waals surface area contributed by atoms with Crippen LogP contribution in [0.5, 0.6) is 0 Å². The number of hydrogen-bond donors (Lipinski definition) is 0. The second-order valence-electron chi connectivity index (χ2n) is 6.02. The maximum absolute atomic E-state index is 12.1. The van der Waals surface area contributed by atoms with Crippen molar-refractivity contribution in [2.24, 2.45) is 17.8 Å². The van der Waals surface area contributed by atoms with E-state index in [0.717, 1.165) is 38.5 Å². The van der Waals surface area contributed by atoms with E-state index < -0.39 is 12.5 Å². The lowest BCUT2D eigenvalue weighted by Gasteiger charge is -2.37. The molecule has 2 saturated carbocycles. The maximum atomic E-state index is 12.1. The van der Waals surface area contributed by atoms with Gasteiger partial charge in [-0.25, -0.2) is 0 Å². The number of ether oxygens (including phenoxy) is 1. The van der Waals surface area contributed by atoms with Gasteiger partial charge < -0.3 is 0 Å². The molecule has 2 nitrogen and oxygen atoms in total. The summed E-state index contributed by atoms with van der Waals surface area (Å²) in [5.41, 5.74) is 0. The van der Waals surface area contributed by atoms with Crippen molar-refractivity contribution in [1.82, 2.24) is 0 Å². The van der Waals surface area contributed by atoms with Crippen LogP contribution in [0.3, 0.4) is 0 Å². The lowest BCUT2D eigenvalue weighted by Crippen LogP contribution is -2.32. The van der Waals surface area contributed by atoms with Crippen molar-refractivity contribution in [2.75, 3.05) is 0 Å². The fourth-order valence-electron chi connectivity index (χ4n) is 3.68. The van der Waals surface area contributed by atoms with E-state index in [1.807, 2.05) is 0 Å². The Balaban J connectivity index is 1.73. The first kappa shape index (κ1) is 16.1. The van der Waals surface area contributed by atoms with Gasteiger partial charge in [0.1, 0.15) is 0 Å². The first-order chi connectivity index (χ1) is 9.35. The fourth-order valence-corrected chi connectivity index (χ4v) is 3.90. The zero-order chi connectivity index (χ0) is 14.8. The van der Waals surface area contributed by atoms with Crippen molar-refractivity contribution < 1.29 is 22.7 Å². The molecule has 0 aromatic rings. The predicted octanol–water partition coefficient (Wildman–Crippen LogP) is 4.65. The van der Waals surface area contributed by atoms with Crippen LogP contribution >= 0.6 is 11.6 Å². The molecule has 2 rings (SSSR count). The number of rotatable bonds is 3. The summed E-state index contributed by atoms with van der Waals surface area (Å²) in [4.78, 5) is 11.1. The molecule has 2 aliphatic carbocycles. The van der Waals surface area contributed by atoms with Crippen LogP contribution in [0.2, 0.25) is 0 Å². The van der Waals surface area contributed by atoms with Crippen molar-refractivity contribution in [1.29, 1.82) is 0 Å². The third-order valence-corrected chi connectivity index (χ3v) is 5.09. The molecule has 0 atom stereocenters. The summed E-state index contributed by atoms with van der Waals surface area (Å²) in [5.74, 6) is 1.00. The van der Waals surface area contributed by atoms with Crippen LogP contribution in [0.25, 0.3) is 0 Å². The molecule has 0 unspecified atom stereocenters. The van der Waals surface area contributed by atoms with E-state index in [1.54, 1.807) is 0 Å². The summed E-state index contributed by atoms with van der Waals surface area (Å²) in [7, 11) is 0. The number of carbonyl (C=O) groups excluding carboxylic acids is 1. The molecule has 0 N–H and O–H groups in total. The largest absolute Gasteiger partial charge is 0.522 e. The predicted molar refractivity (Wildman–Crippen MR) is 69.2 cm³/mol. The molecule has 2 fully saturated rings. The normalized spacial score (nSPS) is 35.8. The Kier molecular flexibility index (Phi) is 5.35. The minimum Gasteiger partial charge on any atom is -0.289 e. The topological polar surface area (TPSA) is 26.3 Å². The van der Waals surface area contributed by atoms with Crippen LogP contribution < -0.4 is 0 Å². The van der Waals surface area contributed by atoms with Crippen LogP contribution in [0.1, 0.15) is 51.4 Å². The Bertz CT molecular complexity index is 330. The van der Waals surface area contributed by atoms with Gasteiger partial charge in [-0.1, -0.05) is 0 Å². The average molecular weight is 313 g/mol. The Morgan fingerprint density at radius 1 is 0.900 bits per heavy atom. The van der Waals surface area contributed by atoms with Gasteiger partial charge in [0, 0.05) is 5.92 Å². The standard InChI is InChI=1S/C14H20ClF3O2/c15-13(19)11-3-1-9(2-4-11)10-5-7-12(8-6-10)20-14(16,17)18/h9-12H,1-8H2. The second kappa shape index (κ2) is 6.65. The summed E-state index contributed by atoms with van der Waals surface area (Å²) in [5, 5.41) is -0.245. The SMILES string of the molecule is O=C(Cl)C1CCC(C2CCC(OC(F)(F)F)CC2)CC1. The van der Waals surface area contributed by atoms with E-state index in [-0.39, 0.29) is 11.2 Å². The molecule has 0 bridgehead atoms. The van der Waals surface area contributed by atoms with Gasteiger partial charge in [-0.05, 0) is 74.8 Å². The van der Waals surface area contributed by atoms with E-state index in [0.29, 0.717) is 24.7 Å². The maximum Gasteiger partial charge on any atom is 0.522 e. The van der Waals surface area contributed by atoms with E-state index in [4.69, 9.17) is 11.6 Å². The molecule has 0 aromatic carbocycles. The highest BCUT2D eigenvalue weighted by atomic mass is 35.5. The van der Waals surface area contributed by atoms with Crippen LogP contribution in [-0.2, 0) is 9.53 Å². The summed E-state index contributed by atoms with van der Waals surface area (Å²) < 4.78 is 40.5. The number of halogens is 4. The number of alkyl halides is 3. The number of hydrogen-bond acceptors (Lipinski definition) is 2. The molecule has 0 spiro atoms. The molecule has 0 heterocycles. The molecule has 0 aliphatic heterocycles.